The lowest BCUT2D eigenvalue weighted by atomic mass is 10.2. The molecule has 59 valence electrons. The quantitative estimate of drug-likeness (QED) is 0.658. The molecule has 0 spiro atoms. The number of hydrazone groups is 1. The van der Waals surface area contributed by atoms with Gasteiger partial charge >= 0.3 is 6.41 Å². The highest BCUT2D eigenvalue weighted by Crippen LogP contribution is 2.16. The van der Waals surface area contributed by atoms with E-state index in [9.17, 15) is 4.79 Å². The molecule has 12 heavy (non-hydrogen) atoms. The Hall–Kier alpha value is -1.84. The monoisotopic (exact) mass is 160 g/mol. The van der Waals surface area contributed by atoms with Gasteiger partial charge in [0.1, 0.15) is 0 Å². The van der Waals surface area contributed by atoms with Gasteiger partial charge in [0.25, 0.3) is 0 Å². The van der Waals surface area contributed by atoms with Gasteiger partial charge in [-0.1, -0.05) is 18.2 Å². The van der Waals surface area contributed by atoms with Crippen LogP contribution in [0.5, 0.6) is 0 Å². The topological polar surface area (TPSA) is 44.7 Å². The summed E-state index contributed by atoms with van der Waals surface area (Å²) in [7, 11) is 0. The Morgan fingerprint density at radius 1 is 1.42 bits per heavy atom. The van der Waals surface area contributed by atoms with E-state index in [0.717, 1.165) is 16.4 Å². The molecule has 0 unspecified atom stereocenters. The zero-order valence-electron chi connectivity index (χ0n) is 6.19. The number of hydrogen-bond acceptors (Lipinski definition) is 3. The van der Waals surface area contributed by atoms with Crippen LogP contribution < -0.4 is 5.43 Å². The molecule has 1 radical (unpaired) electrons. The zero-order valence-corrected chi connectivity index (χ0v) is 6.19. The van der Waals surface area contributed by atoms with Crippen LogP contribution in [0.1, 0.15) is 5.56 Å². The van der Waals surface area contributed by atoms with Crippen LogP contribution in [0.25, 0.3) is 0 Å². The van der Waals surface area contributed by atoms with E-state index >= 15 is 0 Å². The average molecular weight is 160 g/mol. The number of para-hydroxylation sites is 1. The Balaban J connectivity index is 2.39. The first kappa shape index (κ1) is 6.84. The lowest BCUT2D eigenvalue weighted by molar-refractivity contribution is 0.446. The van der Waals surface area contributed by atoms with E-state index < -0.39 is 0 Å². The van der Waals surface area contributed by atoms with Crippen molar-refractivity contribution in [2.45, 2.75) is 0 Å². The van der Waals surface area contributed by atoms with Crippen molar-refractivity contribution in [3.8, 4) is 0 Å². The number of hydrazine groups is 1. The lowest BCUT2D eigenvalue weighted by Crippen LogP contribution is -2.26. The van der Waals surface area contributed by atoms with Crippen LogP contribution in [0.4, 0.5) is 5.69 Å². The fraction of sp³-hybridized carbons (Fsp3) is 0. The highest BCUT2D eigenvalue weighted by atomic mass is 16.2. The van der Waals surface area contributed by atoms with Gasteiger partial charge in [-0.2, -0.15) is 5.10 Å². The Morgan fingerprint density at radius 3 is 3.08 bits per heavy atom. The molecule has 1 aromatic rings. The average Bonchev–Trinajstić information content (AvgIpc) is 2.17. The summed E-state index contributed by atoms with van der Waals surface area (Å²) in [5.74, 6) is 0. The summed E-state index contributed by atoms with van der Waals surface area (Å²) in [5, 5.41) is 4.77. The molecule has 2 rings (SSSR count). The van der Waals surface area contributed by atoms with Gasteiger partial charge in [0.05, 0.1) is 11.9 Å². The number of anilines is 1. The first-order chi connectivity index (χ1) is 5.90. The van der Waals surface area contributed by atoms with Gasteiger partial charge in [-0.05, 0) is 6.07 Å². The number of benzene rings is 1. The number of hydrogen-bond donors (Lipinski definition) is 1. The maximum Gasteiger partial charge on any atom is 0.355 e. The second-order valence-corrected chi connectivity index (χ2v) is 2.35. The van der Waals surface area contributed by atoms with Gasteiger partial charge in [0.15, 0.2) is 0 Å². The van der Waals surface area contributed by atoms with Crippen molar-refractivity contribution in [1.29, 1.82) is 0 Å². The Bertz CT molecular complexity index is 335. The van der Waals surface area contributed by atoms with E-state index in [-0.39, 0.29) is 0 Å². The Kier molecular flexibility index (Phi) is 1.51. The van der Waals surface area contributed by atoms with Crippen molar-refractivity contribution >= 4 is 18.3 Å². The molecule has 1 amide bonds. The standard InChI is InChI=1S/C8H6N3O/c12-6-11-9-5-7-3-1-2-4-8(7)10-11/h1-5,10H. The number of amides is 1. The number of nitrogens with zero attached hydrogens (tertiary/aromatic N) is 2. The second-order valence-electron chi connectivity index (χ2n) is 2.35. The highest BCUT2D eigenvalue weighted by molar-refractivity contribution is 5.89. The molecular formula is C8H6N3O. The highest BCUT2D eigenvalue weighted by Gasteiger charge is 2.08. The molecule has 0 saturated heterocycles. The molecule has 0 bridgehead atoms. The molecule has 4 nitrogen and oxygen atoms in total. The molecule has 4 heteroatoms. The fourth-order valence-corrected chi connectivity index (χ4v) is 1.02. The number of fused-ring (bicyclic) bond motifs is 1. The molecule has 0 aliphatic carbocycles. The van der Waals surface area contributed by atoms with Gasteiger partial charge in [-0.15, -0.1) is 5.12 Å². The van der Waals surface area contributed by atoms with E-state index in [0.29, 0.717) is 0 Å². The summed E-state index contributed by atoms with van der Waals surface area (Å²) in [4.78, 5) is 10.2. The van der Waals surface area contributed by atoms with E-state index in [1.807, 2.05) is 24.3 Å². The van der Waals surface area contributed by atoms with Crippen molar-refractivity contribution in [3.05, 3.63) is 29.8 Å². The summed E-state index contributed by atoms with van der Waals surface area (Å²) in [6.45, 7) is 0. The first-order valence-corrected chi connectivity index (χ1v) is 3.48. The SMILES string of the molecule is O=[C]N1N=Cc2ccccc2N1. The molecule has 1 N–H and O–H groups in total. The van der Waals surface area contributed by atoms with Crippen LogP contribution >= 0.6 is 0 Å². The molecule has 1 heterocycles. The zero-order chi connectivity index (χ0) is 8.39. The summed E-state index contributed by atoms with van der Waals surface area (Å²) in [5.41, 5.74) is 4.58. The lowest BCUT2D eigenvalue weighted by Gasteiger charge is -2.18. The smallest absolute Gasteiger partial charge is 0.274 e. The van der Waals surface area contributed by atoms with Crippen molar-refractivity contribution < 1.29 is 4.79 Å². The molecular weight excluding hydrogens is 154 g/mol. The molecule has 1 aliphatic heterocycles. The Labute approximate surface area is 69.5 Å². The molecule has 1 aromatic carbocycles. The van der Waals surface area contributed by atoms with E-state index in [2.05, 4.69) is 10.5 Å². The normalized spacial score (nSPS) is 13.5. The second kappa shape index (κ2) is 2.65. The fourth-order valence-electron chi connectivity index (χ4n) is 1.02. The molecule has 0 aromatic heterocycles. The summed E-state index contributed by atoms with van der Waals surface area (Å²) in [6.07, 6.45) is 3.23. The molecule has 0 atom stereocenters. The summed E-state index contributed by atoms with van der Waals surface area (Å²) < 4.78 is 0. The van der Waals surface area contributed by atoms with E-state index in [4.69, 9.17) is 0 Å². The third kappa shape index (κ3) is 1.03. The minimum atomic E-state index is 0.857. The van der Waals surface area contributed by atoms with Crippen LogP contribution in [-0.4, -0.2) is 17.7 Å². The maximum atomic E-state index is 10.2. The molecule has 0 fully saturated rings. The number of rotatable bonds is 1. The van der Waals surface area contributed by atoms with Crippen LogP contribution in [0, 0.1) is 0 Å². The predicted octanol–water partition coefficient (Wildman–Crippen LogP) is 0.730. The van der Waals surface area contributed by atoms with Crippen molar-refractivity contribution in [3.63, 3.8) is 0 Å². The first-order valence-electron chi connectivity index (χ1n) is 3.48. The minimum Gasteiger partial charge on any atom is -0.274 e. The van der Waals surface area contributed by atoms with Crippen LogP contribution in [-0.2, 0) is 4.79 Å². The van der Waals surface area contributed by atoms with Gasteiger partial charge < -0.3 is 0 Å². The predicted molar refractivity (Wildman–Crippen MR) is 45.2 cm³/mol. The van der Waals surface area contributed by atoms with Crippen molar-refractivity contribution in [1.82, 2.24) is 5.12 Å². The third-order valence-corrected chi connectivity index (χ3v) is 1.59. The summed E-state index contributed by atoms with van der Waals surface area (Å²) in [6, 6.07) is 7.57. The summed E-state index contributed by atoms with van der Waals surface area (Å²) >= 11 is 0. The van der Waals surface area contributed by atoms with E-state index in [1.54, 1.807) is 12.6 Å². The van der Waals surface area contributed by atoms with Crippen LogP contribution in [0.2, 0.25) is 0 Å². The minimum absolute atomic E-state index is 0.857. The van der Waals surface area contributed by atoms with Crippen molar-refractivity contribution in [2.75, 3.05) is 5.43 Å². The van der Waals surface area contributed by atoms with Crippen LogP contribution in [0.15, 0.2) is 29.4 Å². The molecule has 1 aliphatic rings. The van der Waals surface area contributed by atoms with Gasteiger partial charge in [-0.3, -0.25) is 10.2 Å². The largest absolute Gasteiger partial charge is 0.355 e. The number of carbonyl (C=O) groups excluding carboxylic acids is 1. The Morgan fingerprint density at radius 2 is 2.25 bits per heavy atom. The molecule has 0 saturated carbocycles. The van der Waals surface area contributed by atoms with Crippen molar-refractivity contribution in [2.24, 2.45) is 5.10 Å². The van der Waals surface area contributed by atoms with E-state index in [1.165, 1.54) is 0 Å². The van der Waals surface area contributed by atoms with Gasteiger partial charge in [0.2, 0.25) is 0 Å². The maximum absolute atomic E-state index is 10.2. The van der Waals surface area contributed by atoms with Gasteiger partial charge in [0, 0.05) is 5.56 Å². The van der Waals surface area contributed by atoms with Gasteiger partial charge in [-0.25, -0.2) is 0 Å². The van der Waals surface area contributed by atoms with Crippen LogP contribution in [0.3, 0.4) is 0 Å². The number of nitrogens with one attached hydrogen (secondary N) is 1. The third-order valence-electron chi connectivity index (χ3n) is 1.59.